The van der Waals surface area contributed by atoms with E-state index in [-0.39, 0.29) is 22.9 Å². The first kappa shape index (κ1) is 18.8. The number of carbonyl (C=O) groups excluding carboxylic acids is 1. The molecule has 152 valence electrons. The highest BCUT2D eigenvalue weighted by atomic mass is 19.1. The molecule has 0 radical (unpaired) electrons. The van der Waals surface area contributed by atoms with Crippen LogP contribution in [0.5, 0.6) is 0 Å². The summed E-state index contributed by atoms with van der Waals surface area (Å²) < 4.78 is 14.3. The number of ketones is 1. The second kappa shape index (κ2) is 6.96. The monoisotopic (exact) mass is 382 g/mol. The van der Waals surface area contributed by atoms with E-state index in [0.717, 1.165) is 36.0 Å². The van der Waals surface area contributed by atoms with Gasteiger partial charge in [-0.3, -0.25) is 4.79 Å². The SMILES string of the molecule is CC1CCC2C(CCC3C2CCC2(C)C(C(=O)c4ccccc4F)CCC32)C1. The van der Waals surface area contributed by atoms with Crippen LogP contribution in [0.15, 0.2) is 24.3 Å². The number of hydrogen-bond donors (Lipinski definition) is 0. The van der Waals surface area contributed by atoms with Crippen molar-refractivity contribution in [1.82, 2.24) is 0 Å². The van der Waals surface area contributed by atoms with Crippen molar-refractivity contribution in [3.63, 3.8) is 0 Å². The fourth-order valence-corrected chi connectivity index (χ4v) is 8.37. The van der Waals surface area contributed by atoms with E-state index in [1.54, 1.807) is 18.2 Å². The van der Waals surface area contributed by atoms with Crippen LogP contribution < -0.4 is 0 Å². The second-order valence-corrected chi connectivity index (χ2v) is 10.9. The summed E-state index contributed by atoms with van der Waals surface area (Å²) in [6, 6.07) is 6.60. The van der Waals surface area contributed by atoms with Gasteiger partial charge in [-0.2, -0.15) is 0 Å². The zero-order valence-corrected chi connectivity index (χ0v) is 17.5. The van der Waals surface area contributed by atoms with Gasteiger partial charge in [-0.25, -0.2) is 4.39 Å². The van der Waals surface area contributed by atoms with Crippen molar-refractivity contribution in [2.24, 2.45) is 46.8 Å². The number of halogens is 1. The lowest BCUT2D eigenvalue weighted by Crippen LogP contribution is -2.49. The maximum atomic E-state index is 14.3. The Morgan fingerprint density at radius 2 is 1.75 bits per heavy atom. The Bertz CT molecular complexity index is 757. The zero-order valence-electron chi connectivity index (χ0n) is 17.5. The Labute approximate surface area is 169 Å². The summed E-state index contributed by atoms with van der Waals surface area (Å²) >= 11 is 0. The Morgan fingerprint density at radius 1 is 0.964 bits per heavy atom. The Kier molecular flexibility index (Phi) is 4.68. The second-order valence-electron chi connectivity index (χ2n) is 10.9. The van der Waals surface area contributed by atoms with Crippen molar-refractivity contribution in [1.29, 1.82) is 0 Å². The molecule has 0 saturated heterocycles. The molecule has 8 unspecified atom stereocenters. The summed E-state index contributed by atoms with van der Waals surface area (Å²) in [6.45, 7) is 4.81. The van der Waals surface area contributed by atoms with Crippen molar-refractivity contribution in [2.45, 2.75) is 71.6 Å². The summed E-state index contributed by atoms with van der Waals surface area (Å²) in [5, 5.41) is 0. The average molecular weight is 383 g/mol. The zero-order chi connectivity index (χ0) is 19.5. The molecule has 8 atom stereocenters. The molecule has 0 spiro atoms. The number of carbonyl (C=O) groups is 1. The average Bonchev–Trinajstić information content (AvgIpc) is 3.04. The van der Waals surface area contributed by atoms with Crippen LogP contribution in [0.4, 0.5) is 4.39 Å². The predicted molar refractivity (Wildman–Crippen MR) is 110 cm³/mol. The summed E-state index contributed by atoms with van der Waals surface area (Å²) in [5.74, 6) is 4.95. The van der Waals surface area contributed by atoms with Gasteiger partial charge in [0, 0.05) is 5.92 Å². The highest BCUT2D eigenvalue weighted by Gasteiger charge is 2.58. The molecular formula is C26H35FO. The van der Waals surface area contributed by atoms with E-state index in [1.807, 2.05) is 0 Å². The molecule has 5 rings (SSSR count). The number of rotatable bonds is 2. The Balaban J connectivity index is 1.38. The third kappa shape index (κ3) is 2.81. The lowest BCUT2D eigenvalue weighted by molar-refractivity contribution is -0.0634. The molecule has 1 nitrogen and oxygen atoms in total. The van der Waals surface area contributed by atoms with Crippen molar-refractivity contribution in [2.75, 3.05) is 0 Å². The van der Waals surface area contributed by atoms with Crippen molar-refractivity contribution >= 4 is 5.78 Å². The number of fused-ring (bicyclic) bond motifs is 5. The molecule has 0 bridgehead atoms. The van der Waals surface area contributed by atoms with Gasteiger partial charge in [0.25, 0.3) is 0 Å². The van der Waals surface area contributed by atoms with Gasteiger partial charge >= 0.3 is 0 Å². The Morgan fingerprint density at radius 3 is 2.57 bits per heavy atom. The maximum absolute atomic E-state index is 14.3. The van der Waals surface area contributed by atoms with Gasteiger partial charge in [0.05, 0.1) is 5.56 Å². The number of Topliss-reactive ketones (excluding diaryl/α,β-unsaturated/α-hetero) is 1. The largest absolute Gasteiger partial charge is 0.294 e. The summed E-state index contributed by atoms with van der Waals surface area (Å²) in [4.78, 5) is 13.3. The number of hydrogen-bond acceptors (Lipinski definition) is 1. The van der Waals surface area contributed by atoms with Gasteiger partial charge in [0.2, 0.25) is 0 Å². The van der Waals surface area contributed by atoms with E-state index in [4.69, 9.17) is 0 Å². The van der Waals surface area contributed by atoms with Gasteiger partial charge in [-0.15, -0.1) is 0 Å². The van der Waals surface area contributed by atoms with Gasteiger partial charge in [-0.05, 0) is 104 Å². The highest BCUT2D eigenvalue weighted by Crippen LogP contribution is 2.64. The normalized spacial score (nSPS) is 45.0. The predicted octanol–water partition coefficient (Wildman–Crippen LogP) is 6.91. The van der Waals surface area contributed by atoms with Crippen LogP contribution in [0.2, 0.25) is 0 Å². The molecule has 2 heteroatoms. The highest BCUT2D eigenvalue weighted by molar-refractivity contribution is 5.98. The fraction of sp³-hybridized carbons (Fsp3) is 0.731. The Hall–Kier alpha value is -1.18. The smallest absolute Gasteiger partial charge is 0.169 e. The van der Waals surface area contributed by atoms with E-state index in [0.29, 0.717) is 11.5 Å². The molecule has 0 amide bonds. The molecular weight excluding hydrogens is 347 g/mol. The van der Waals surface area contributed by atoms with Crippen molar-refractivity contribution in [3.05, 3.63) is 35.6 Å². The topological polar surface area (TPSA) is 17.1 Å². The summed E-state index contributed by atoms with van der Waals surface area (Å²) in [6.07, 6.45) is 11.7. The summed E-state index contributed by atoms with van der Waals surface area (Å²) in [7, 11) is 0. The van der Waals surface area contributed by atoms with Crippen molar-refractivity contribution < 1.29 is 9.18 Å². The van der Waals surface area contributed by atoms with Crippen LogP contribution in [-0.4, -0.2) is 5.78 Å². The van der Waals surface area contributed by atoms with Crippen LogP contribution in [0.3, 0.4) is 0 Å². The van der Waals surface area contributed by atoms with Crippen LogP contribution in [-0.2, 0) is 0 Å². The maximum Gasteiger partial charge on any atom is 0.169 e. The minimum Gasteiger partial charge on any atom is -0.294 e. The molecule has 4 saturated carbocycles. The van der Waals surface area contributed by atoms with E-state index in [1.165, 1.54) is 57.4 Å². The van der Waals surface area contributed by atoms with E-state index < -0.39 is 0 Å². The van der Waals surface area contributed by atoms with Crippen LogP contribution in [0.1, 0.15) is 82.0 Å². The first-order chi connectivity index (χ1) is 13.5. The van der Waals surface area contributed by atoms with E-state index in [9.17, 15) is 9.18 Å². The first-order valence-corrected chi connectivity index (χ1v) is 11.8. The lowest BCUT2D eigenvalue weighted by atomic mass is 9.49. The minimum atomic E-state index is -0.343. The molecule has 0 heterocycles. The molecule has 1 aromatic carbocycles. The van der Waals surface area contributed by atoms with Gasteiger partial charge in [-0.1, -0.05) is 32.4 Å². The standard InChI is InChI=1S/C26H35FO/c1-16-7-9-18-17(15-16)8-10-20-19(18)13-14-26(2)22(20)11-12-23(26)25(28)21-5-3-4-6-24(21)27/h3-6,16-20,22-23H,7-15H2,1-2H3. The number of benzene rings is 1. The minimum absolute atomic E-state index is 0.0134. The molecule has 0 aromatic heterocycles. The molecule has 4 fully saturated rings. The van der Waals surface area contributed by atoms with Crippen LogP contribution in [0.25, 0.3) is 0 Å². The van der Waals surface area contributed by atoms with Gasteiger partial charge in [0.15, 0.2) is 5.78 Å². The van der Waals surface area contributed by atoms with Crippen molar-refractivity contribution in [3.8, 4) is 0 Å². The van der Waals surface area contributed by atoms with E-state index in [2.05, 4.69) is 13.8 Å². The first-order valence-electron chi connectivity index (χ1n) is 11.8. The molecule has 4 aliphatic carbocycles. The molecule has 4 aliphatic rings. The molecule has 0 N–H and O–H groups in total. The third-order valence-corrected chi connectivity index (χ3v) is 9.67. The van der Waals surface area contributed by atoms with E-state index >= 15 is 0 Å². The quantitative estimate of drug-likeness (QED) is 0.508. The molecule has 1 aromatic rings. The summed E-state index contributed by atoms with van der Waals surface area (Å²) in [5.41, 5.74) is 0.400. The van der Waals surface area contributed by atoms with Gasteiger partial charge in [0.1, 0.15) is 5.82 Å². The van der Waals surface area contributed by atoms with Gasteiger partial charge < -0.3 is 0 Å². The molecule has 0 aliphatic heterocycles. The molecule has 28 heavy (non-hydrogen) atoms. The van der Waals surface area contributed by atoms with Crippen LogP contribution >= 0.6 is 0 Å². The third-order valence-electron chi connectivity index (χ3n) is 9.67. The van der Waals surface area contributed by atoms with Crippen LogP contribution in [0, 0.1) is 52.7 Å². The lowest BCUT2D eigenvalue weighted by Gasteiger charge is -2.56. The fourth-order valence-electron chi connectivity index (χ4n) is 8.37.